The summed E-state index contributed by atoms with van der Waals surface area (Å²) < 4.78 is 34.7. The second-order valence-corrected chi connectivity index (χ2v) is 16.4. The zero-order valence-electron chi connectivity index (χ0n) is 30.3. The van der Waals surface area contributed by atoms with Gasteiger partial charge in [0.2, 0.25) is 15.9 Å². The molecule has 0 unspecified atom stereocenters. The number of benzene rings is 2. The molecule has 1 aliphatic carbocycles. The van der Waals surface area contributed by atoms with E-state index in [0.29, 0.717) is 24.3 Å². The van der Waals surface area contributed by atoms with Gasteiger partial charge in [0.1, 0.15) is 11.0 Å². The van der Waals surface area contributed by atoms with Crippen molar-refractivity contribution in [2.75, 3.05) is 27.2 Å². The first kappa shape index (κ1) is 40.9. The Hall–Kier alpha value is -3.89. The zero-order valence-corrected chi connectivity index (χ0v) is 32.0. The van der Waals surface area contributed by atoms with Gasteiger partial charge in [0.05, 0.1) is 42.1 Å². The first-order chi connectivity index (χ1) is 24.9. The van der Waals surface area contributed by atoms with Gasteiger partial charge < -0.3 is 30.6 Å². The maximum absolute atomic E-state index is 14.1. The number of methoxy groups -OCH3 is 1. The molecule has 284 valence electrons. The zero-order chi connectivity index (χ0) is 37.7. The maximum atomic E-state index is 14.1. The van der Waals surface area contributed by atoms with Crippen LogP contribution < -0.4 is 10.6 Å². The highest BCUT2D eigenvalue weighted by Crippen LogP contribution is 2.28. The van der Waals surface area contributed by atoms with Crippen LogP contribution in [0.4, 0.5) is 4.79 Å². The van der Waals surface area contributed by atoms with Crippen molar-refractivity contribution in [1.29, 1.82) is 0 Å². The molecule has 0 radical (unpaired) electrons. The van der Waals surface area contributed by atoms with E-state index in [2.05, 4.69) is 20.8 Å². The monoisotopic (exact) mass is 756 g/mol. The van der Waals surface area contributed by atoms with Gasteiger partial charge in [-0.2, -0.15) is 4.31 Å². The summed E-state index contributed by atoms with van der Waals surface area (Å²) >= 11 is 1.44. The Labute approximate surface area is 311 Å². The SMILES string of the molecule is CC[C@H](C)[C@H](NC(=O)N(C)Cc1csc(COC)n1)C(=O)N[C@@H](Cc1ccccc1)[C@@H](O)CN(CC1CCCC1)S(=O)(=O)c1ccc(C=NO)cc1. The molecule has 4 N–H and O–H groups in total. The number of oxime groups is 1. The molecule has 1 aliphatic rings. The van der Waals surface area contributed by atoms with Crippen LogP contribution >= 0.6 is 11.3 Å². The quantitative estimate of drug-likeness (QED) is 0.0779. The fourth-order valence-electron chi connectivity index (χ4n) is 6.32. The number of hydrogen-bond acceptors (Lipinski definition) is 10. The van der Waals surface area contributed by atoms with Gasteiger partial charge in [-0.05, 0) is 54.4 Å². The van der Waals surface area contributed by atoms with E-state index in [-0.39, 0.29) is 42.8 Å². The van der Waals surface area contributed by atoms with Crippen molar-refractivity contribution in [2.45, 2.75) is 88.6 Å². The Kier molecular flexibility index (Phi) is 15.6. The molecule has 4 atom stereocenters. The van der Waals surface area contributed by atoms with Crippen LogP contribution in [0.5, 0.6) is 0 Å². The number of nitrogens with one attached hydrogen (secondary N) is 2. The lowest BCUT2D eigenvalue weighted by Crippen LogP contribution is -2.58. The molecule has 0 spiro atoms. The fraction of sp³-hybridized carbons (Fsp3) is 0.514. The number of aliphatic hydroxyl groups is 1. The Morgan fingerprint density at radius 2 is 1.81 bits per heavy atom. The van der Waals surface area contributed by atoms with Crippen molar-refractivity contribution in [3.8, 4) is 0 Å². The lowest BCUT2D eigenvalue weighted by molar-refractivity contribution is -0.125. The number of amides is 3. The fourth-order valence-corrected chi connectivity index (χ4v) is 8.61. The normalized spacial score (nSPS) is 16.1. The minimum absolute atomic E-state index is 0.0488. The summed E-state index contributed by atoms with van der Waals surface area (Å²) in [5.74, 6) is -0.584. The highest BCUT2D eigenvalue weighted by Gasteiger charge is 2.35. The predicted octanol–water partition coefficient (Wildman–Crippen LogP) is 4.62. The topological polar surface area (TPSA) is 174 Å². The van der Waals surface area contributed by atoms with Crippen molar-refractivity contribution < 1.29 is 33.1 Å². The van der Waals surface area contributed by atoms with Gasteiger partial charge in [0.25, 0.3) is 0 Å². The molecule has 3 aromatic rings. The molecule has 3 amide bonds. The summed E-state index contributed by atoms with van der Waals surface area (Å²) in [5, 5.41) is 32.3. The molecule has 13 nitrogen and oxygen atoms in total. The van der Waals surface area contributed by atoms with Crippen LogP contribution in [0.3, 0.4) is 0 Å². The van der Waals surface area contributed by atoms with Crippen LogP contribution in [0.15, 0.2) is 70.0 Å². The third kappa shape index (κ3) is 11.6. The number of aliphatic hydroxyl groups excluding tert-OH is 1. The number of sulfonamides is 1. The average molecular weight is 757 g/mol. The molecule has 1 saturated carbocycles. The summed E-state index contributed by atoms with van der Waals surface area (Å²) in [6, 6.07) is 13.1. The highest BCUT2D eigenvalue weighted by atomic mass is 32.2. The van der Waals surface area contributed by atoms with Crippen LogP contribution in [0, 0.1) is 11.8 Å². The number of thiazole rings is 1. The first-order valence-electron chi connectivity index (χ1n) is 17.7. The summed E-state index contributed by atoms with van der Waals surface area (Å²) in [6.07, 6.45) is 4.55. The summed E-state index contributed by atoms with van der Waals surface area (Å²) in [5.41, 5.74) is 2.08. The second kappa shape index (κ2) is 19.8. The molecular weight excluding hydrogens is 705 g/mol. The van der Waals surface area contributed by atoms with Gasteiger partial charge in [-0.3, -0.25) is 4.79 Å². The van der Waals surface area contributed by atoms with Crippen LogP contribution in [-0.4, -0.2) is 96.5 Å². The van der Waals surface area contributed by atoms with Crippen LogP contribution in [0.25, 0.3) is 0 Å². The molecule has 15 heteroatoms. The Morgan fingerprint density at radius 3 is 2.44 bits per heavy atom. The Bertz CT molecular complexity index is 1700. The van der Waals surface area contributed by atoms with Gasteiger partial charge in [-0.1, -0.05) is 80.7 Å². The largest absolute Gasteiger partial charge is 0.411 e. The van der Waals surface area contributed by atoms with E-state index in [1.807, 2.05) is 49.6 Å². The number of ether oxygens (including phenoxy) is 1. The number of nitrogens with zero attached hydrogens (tertiary/aromatic N) is 4. The van der Waals surface area contributed by atoms with Gasteiger partial charge >= 0.3 is 6.03 Å². The van der Waals surface area contributed by atoms with E-state index in [0.717, 1.165) is 36.3 Å². The van der Waals surface area contributed by atoms with E-state index in [1.165, 1.54) is 38.9 Å². The molecule has 1 heterocycles. The van der Waals surface area contributed by atoms with Crippen LogP contribution in [0.2, 0.25) is 0 Å². The van der Waals surface area contributed by atoms with Crippen molar-refractivity contribution in [3.05, 3.63) is 81.8 Å². The van der Waals surface area contributed by atoms with E-state index in [4.69, 9.17) is 9.94 Å². The molecule has 52 heavy (non-hydrogen) atoms. The third-order valence-corrected chi connectivity index (χ3v) is 12.2. The van der Waals surface area contributed by atoms with Crippen LogP contribution in [-0.2, 0) is 39.1 Å². The lowest BCUT2D eigenvalue weighted by atomic mass is 9.96. The minimum atomic E-state index is -4.06. The third-order valence-electron chi connectivity index (χ3n) is 9.53. The van der Waals surface area contributed by atoms with E-state index < -0.39 is 40.1 Å². The van der Waals surface area contributed by atoms with Gasteiger partial charge in [0.15, 0.2) is 0 Å². The second-order valence-electron chi connectivity index (χ2n) is 13.5. The number of aromatic nitrogens is 1. The standard InChI is InChI=1S/C37H52N6O7S2/c1-5-26(2)35(41-37(46)42(3)22-30-25-51-34(39-30)24-50-4)36(45)40-32(19-27-11-7-6-8-12-27)33(44)23-43(21-29-13-9-10-14-29)52(48,49)31-17-15-28(16-18-31)20-38-47/h6-8,11-12,15-18,20,25-26,29,32-33,35,44,47H,5,9-10,13-14,19,21-24H2,1-4H3,(H,40,45)(H,41,46)/t26-,32-,33-,35-/m0/s1. The van der Waals surface area contributed by atoms with Crippen molar-refractivity contribution in [1.82, 2.24) is 24.8 Å². The van der Waals surface area contributed by atoms with Crippen molar-refractivity contribution >= 4 is 39.5 Å². The number of urea groups is 1. The molecule has 0 bridgehead atoms. The summed E-state index contributed by atoms with van der Waals surface area (Å²) in [6.45, 7) is 4.40. The van der Waals surface area contributed by atoms with E-state index >= 15 is 0 Å². The average Bonchev–Trinajstić information content (AvgIpc) is 3.82. The summed E-state index contributed by atoms with van der Waals surface area (Å²) in [4.78, 5) is 33.5. The first-order valence-corrected chi connectivity index (χ1v) is 20.0. The van der Waals surface area contributed by atoms with Crippen molar-refractivity contribution in [3.63, 3.8) is 0 Å². The van der Waals surface area contributed by atoms with Crippen molar-refractivity contribution in [2.24, 2.45) is 17.0 Å². The van der Waals surface area contributed by atoms with E-state index in [9.17, 15) is 23.1 Å². The molecule has 0 aliphatic heterocycles. The maximum Gasteiger partial charge on any atom is 0.318 e. The molecule has 4 rings (SSSR count). The van der Waals surface area contributed by atoms with Gasteiger partial charge in [-0.25, -0.2) is 18.2 Å². The number of carbonyl (C=O) groups is 2. The number of hydrogen-bond donors (Lipinski definition) is 4. The Balaban J connectivity index is 1.56. The highest BCUT2D eigenvalue weighted by molar-refractivity contribution is 7.89. The molecule has 1 fully saturated rings. The number of carbonyl (C=O) groups excluding carboxylic acids is 2. The van der Waals surface area contributed by atoms with E-state index in [1.54, 1.807) is 26.3 Å². The van der Waals surface area contributed by atoms with Gasteiger partial charge in [0, 0.05) is 32.6 Å². The smallest absolute Gasteiger partial charge is 0.318 e. The molecule has 2 aromatic carbocycles. The Morgan fingerprint density at radius 1 is 1.12 bits per heavy atom. The lowest BCUT2D eigenvalue weighted by Gasteiger charge is -2.33. The molecular formula is C37H52N6O7S2. The predicted molar refractivity (Wildman–Crippen MR) is 201 cm³/mol. The summed E-state index contributed by atoms with van der Waals surface area (Å²) in [7, 11) is -0.834. The number of rotatable bonds is 19. The van der Waals surface area contributed by atoms with Crippen LogP contribution in [0.1, 0.15) is 67.8 Å². The minimum Gasteiger partial charge on any atom is -0.411 e. The molecule has 1 aromatic heterocycles. The van der Waals surface area contributed by atoms with Gasteiger partial charge in [-0.15, -0.1) is 11.3 Å². The molecule has 0 saturated heterocycles.